The van der Waals surface area contributed by atoms with Gasteiger partial charge in [0.25, 0.3) is 5.91 Å². The number of nitrogens with one attached hydrogen (secondary N) is 1. The summed E-state index contributed by atoms with van der Waals surface area (Å²) < 4.78 is 0. The molecule has 1 N–H and O–H groups in total. The molecular weight excluding hydrogens is 432 g/mol. The molecule has 2 rings (SSSR count). The van der Waals surface area contributed by atoms with Crippen LogP contribution in [0.3, 0.4) is 0 Å². The molecule has 5 nitrogen and oxygen atoms in total. The van der Waals surface area contributed by atoms with Crippen LogP contribution in [0, 0.1) is 0 Å². The van der Waals surface area contributed by atoms with Gasteiger partial charge >= 0.3 is 5.97 Å². The van der Waals surface area contributed by atoms with Crippen molar-refractivity contribution in [2.24, 2.45) is 0 Å². The summed E-state index contributed by atoms with van der Waals surface area (Å²) >= 11 is 1.62. The maximum absolute atomic E-state index is 12.6. The monoisotopic (exact) mass is 472 g/mol. The van der Waals surface area contributed by atoms with Crippen LogP contribution >= 0.6 is 11.3 Å². The number of carbonyl (C=O) groups excluding carboxylic acids is 2. The highest BCUT2D eigenvalue weighted by Crippen LogP contribution is 2.16. The van der Waals surface area contributed by atoms with Gasteiger partial charge in [0.2, 0.25) is 0 Å². The average molecular weight is 473 g/mol. The van der Waals surface area contributed by atoms with Gasteiger partial charge in [-0.15, -0.1) is 16.4 Å². The van der Waals surface area contributed by atoms with E-state index in [1.165, 1.54) is 58.3 Å². The van der Waals surface area contributed by atoms with Crippen LogP contribution in [-0.2, 0) is 22.7 Å². The normalized spacial score (nSPS) is 11.0. The Kier molecular flexibility index (Phi) is 13.5. The summed E-state index contributed by atoms with van der Waals surface area (Å²) in [6, 6.07) is 11.5. The predicted octanol–water partition coefficient (Wildman–Crippen LogP) is 6.88. The van der Waals surface area contributed by atoms with E-state index in [1.54, 1.807) is 16.4 Å². The van der Waals surface area contributed by atoms with E-state index in [9.17, 15) is 9.59 Å². The van der Waals surface area contributed by atoms with E-state index >= 15 is 0 Å². The lowest BCUT2D eigenvalue weighted by Crippen LogP contribution is -2.26. The first-order valence-corrected chi connectivity index (χ1v) is 13.3. The Bertz CT molecular complexity index is 807. The van der Waals surface area contributed by atoms with Crippen LogP contribution in [0.1, 0.15) is 98.9 Å². The van der Waals surface area contributed by atoms with Crippen LogP contribution in [0.5, 0.6) is 0 Å². The average Bonchev–Trinajstić information content (AvgIpc) is 3.30. The van der Waals surface area contributed by atoms with E-state index in [-0.39, 0.29) is 11.9 Å². The minimum atomic E-state index is -0.350. The first kappa shape index (κ1) is 27.1. The topological polar surface area (TPSA) is 58.6 Å². The number of amides is 1. The SMILES string of the molecule is CCCCCCCCCCCCNC(=O)c1cccc(CN(Cc2cccs2)OC(C)=O)c1. The van der Waals surface area contributed by atoms with Gasteiger partial charge in [-0.3, -0.25) is 9.59 Å². The molecule has 0 spiro atoms. The Morgan fingerprint density at radius 1 is 0.909 bits per heavy atom. The van der Waals surface area contributed by atoms with Gasteiger partial charge in [0.15, 0.2) is 0 Å². The van der Waals surface area contributed by atoms with Gasteiger partial charge in [0.1, 0.15) is 0 Å². The Morgan fingerprint density at radius 3 is 2.24 bits per heavy atom. The summed E-state index contributed by atoms with van der Waals surface area (Å²) in [6.45, 7) is 5.31. The van der Waals surface area contributed by atoms with E-state index in [0.717, 1.165) is 23.3 Å². The number of rotatable bonds is 17. The van der Waals surface area contributed by atoms with Crippen molar-refractivity contribution >= 4 is 23.2 Å². The lowest BCUT2D eigenvalue weighted by Gasteiger charge is -2.20. The molecule has 0 atom stereocenters. The molecule has 6 heteroatoms. The minimum Gasteiger partial charge on any atom is -0.368 e. The quantitative estimate of drug-likeness (QED) is 0.201. The summed E-state index contributed by atoms with van der Waals surface area (Å²) in [5.74, 6) is -0.401. The number of carbonyl (C=O) groups is 2. The van der Waals surface area contributed by atoms with Crippen molar-refractivity contribution in [2.45, 2.75) is 91.1 Å². The molecular formula is C27H40N2O3S. The minimum absolute atomic E-state index is 0.0509. The number of unbranched alkanes of at least 4 members (excludes halogenated alkanes) is 9. The van der Waals surface area contributed by atoms with Gasteiger partial charge in [0.05, 0.1) is 13.1 Å². The number of benzene rings is 1. The molecule has 0 saturated heterocycles. The van der Waals surface area contributed by atoms with Crippen molar-refractivity contribution in [3.05, 3.63) is 57.8 Å². The fraction of sp³-hybridized carbons (Fsp3) is 0.556. The number of nitrogens with zero attached hydrogens (tertiary/aromatic N) is 1. The highest BCUT2D eigenvalue weighted by atomic mass is 32.1. The summed E-state index contributed by atoms with van der Waals surface area (Å²) in [5, 5.41) is 6.67. The van der Waals surface area contributed by atoms with Crippen molar-refractivity contribution in [1.82, 2.24) is 10.4 Å². The second kappa shape index (κ2) is 16.4. The third kappa shape index (κ3) is 12.0. The first-order chi connectivity index (χ1) is 16.1. The molecule has 1 amide bonds. The van der Waals surface area contributed by atoms with Crippen LogP contribution in [-0.4, -0.2) is 23.5 Å². The Balaban J connectivity index is 1.69. The van der Waals surface area contributed by atoms with Crippen LogP contribution in [0.2, 0.25) is 0 Å². The fourth-order valence-electron chi connectivity index (χ4n) is 3.81. The maximum Gasteiger partial charge on any atom is 0.322 e. The summed E-state index contributed by atoms with van der Waals surface area (Å²) in [6.07, 6.45) is 12.8. The van der Waals surface area contributed by atoms with E-state index in [0.29, 0.717) is 25.2 Å². The molecule has 0 aliphatic heterocycles. The van der Waals surface area contributed by atoms with Crippen molar-refractivity contribution < 1.29 is 14.4 Å². The van der Waals surface area contributed by atoms with Gasteiger partial charge in [-0.25, -0.2) is 0 Å². The van der Waals surface area contributed by atoms with Gasteiger partial charge in [-0.1, -0.05) is 82.9 Å². The van der Waals surface area contributed by atoms with Gasteiger partial charge in [0, 0.05) is 23.9 Å². The highest BCUT2D eigenvalue weighted by Gasteiger charge is 2.13. The van der Waals surface area contributed by atoms with Crippen molar-refractivity contribution in [3.8, 4) is 0 Å². The zero-order chi connectivity index (χ0) is 23.7. The Morgan fingerprint density at radius 2 is 1.61 bits per heavy atom. The van der Waals surface area contributed by atoms with Crippen LogP contribution in [0.15, 0.2) is 41.8 Å². The second-order valence-corrected chi connectivity index (χ2v) is 9.63. The molecule has 1 aromatic carbocycles. The van der Waals surface area contributed by atoms with Gasteiger partial charge in [-0.2, -0.15) is 0 Å². The highest BCUT2D eigenvalue weighted by molar-refractivity contribution is 7.09. The van der Waals surface area contributed by atoms with Gasteiger partial charge in [-0.05, 0) is 35.6 Å². The number of hydrogen-bond donors (Lipinski definition) is 1. The summed E-state index contributed by atoms with van der Waals surface area (Å²) in [4.78, 5) is 30.6. The molecule has 33 heavy (non-hydrogen) atoms. The molecule has 0 aliphatic carbocycles. The Hall–Kier alpha value is -2.18. The molecule has 0 aliphatic rings. The fourth-order valence-corrected chi connectivity index (χ4v) is 4.52. The molecule has 0 bridgehead atoms. The molecule has 0 unspecified atom stereocenters. The molecule has 0 radical (unpaired) electrons. The number of hydrogen-bond acceptors (Lipinski definition) is 5. The molecule has 0 fully saturated rings. The van der Waals surface area contributed by atoms with Crippen molar-refractivity contribution in [3.63, 3.8) is 0 Å². The van der Waals surface area contributed by atoms with E-state index < -0.39 is 0 Å². The molecule has 2 aromatic rings. The third-order valence-electron chi connectivity index (χ3n) is 5.53. The largest absolute Gasteiger partial charge is 0.368 e. The number of hydroxylamine groups is 2. The van der Waals surface area contributed by atoms with Crippen LogP contribution in [0.4, 0.5) is 0 Å². The number of thiophene rings is 1. The summed E-state index contributed by atoms with van der Waals surface area (Å²) in [7, 11) is 0. The zero-order valence-electron chi connectivity index (χ0n) is 20.3. The molecule has 1 aromatic heterocycles. The smallest absolute Gasteiger partial charge is 0.322 e. The van der Waals surface area contributed by atoms with Crippen molar-refractivity contribution in [2.75, 3.05) is 6.54 Å². The Labute approximate surface area is 203 Å². The van der Waals surface area contributed by atoms with Crippen molar-refractivity contribution in [1.29, 1.82) is 0 Å². The lowest BCUT2D eigenvalue weighted by molar-refractivity contribution is -0.193. The van der Waals surface area contributed by atoms with E-state index in [4.69, 9.17) is 4.84 Å². The standard InChI is InChI=1S/C27H40N2O3S/c1-3-4-5-6-7-8-9-10-11-12-18-28-27(31)25-16-13-15-24(20-25)21-29(32-23(2)30)22-26-17-14-19-33-26/h13-17,19-20H,3-12,18,21-22H2,1-2H3,(H,28,31). The second-order valence-electron chi connectivity index (χ2n) is 8.60. The van der Waals surface area contributed by atoms with Gasteiger partial charge < -0.3 is 10.2 Å². The zero-order valence-corrected chi connectivity index (χ0v) is 21.1. The summed E-state index contributed by atoms with van der Waals surface area (Å²) in [5.41, 5.74) is 1.57. The maximum atomic E-state index is 12.6. The molecule has 182 valence electrons. The third-order valence-corrected chi connectivity index (χ3v) is 6.40. The lowest BCUT2D eigenvalue weighted by atomic mass is 10.1. The van der Waals surface area contributed by atoms with E-state index in [1.807, 2.05) is 41.8 Å². The van der Waals surface area contributed by atoms with E-state index in [2.05, 4.69) is 12.2 Å². The molecule has 1 heterocycles. The van der Waals surface area contributed by atoms with Crippen LogP contribution in [0.25, 0.3) is 0 Å². The molecule has 0 saturated carbocycles. The van der Waals surface area contributed by atoms with Crippen LogP contribution < -0.4 is 5.32 Å². The first-order valence-electron chi connectivity index (χ1n) is 12.4. The predicted molar refractivity (Wildman–Crippen MR) is 136 cm³/mol.